The highest BCUT2D eigenvalue weighted by Gasteiger charge is 2.02. The van der Waals surface area contributed by atoms with E-state index in [4.69, 9.17) is 9.47 Å². The fourth-order valence-corrected chi connectivity index (χ4v) is 2.03. The Morgan fingerprint density at radius 1 is 1.00 bits per heavy atom. The molecule has 0 aliphatic rings. The summed E-state index contributed by atoms with van der Waals surface area (Å²) in [5.41, 5.74) is 1.13. The summed E-state index contributed by atoms with van der Waals surface area (Å²) in [6, 6.07) is 14.3. The fourth-order valence-electron chi connectivity index (χ4n) is 1.57. The van der Waals surface area contributed by atoms with Crippen LogP contribution in [0.15, 0.2) is 53.0 Å². The van der Waals surface area contributed by atoms with Crippen LogP contribution in [-0.4, -0.2) is 13.2 Å². The highest BCUT2D eigenvalue weighted by molar-refractivity contribution is 9.10. The lowest BCUT2D eigenvalue weighted by Gasteiger charge is -2.08. The standard InChI is InChI=1S/C15H14BrFO2/c16-14-10-13(17)6-7-15(14)19-9-8-18-11-12-4-2-1-3-5-12/h1-7,10H,8-9,11H2. The summed E-state index contributed by atoms with van der Waals surface area (Å²) >= 11 is 3.25. The predicted octanol–water partition coefficient (Wildman–Crippen LogP) is 4.18. The van der Waals surface area contributed by atoms with Crippen molar-refractivity contribution in [2.24, 2.45) is 0 Å². The summed E-state index contributed by atoms with van der Waals surface area (Å²) in [6.45, 7) is 1.48. The first kappa shape index (κ1) is 14.0. The number of rotatable bonds is 6. The molecule has 0 atom stereocenters. The Labute approximate surface area is 120 Å². The lowest BCUT2D eigenvalue weighted by molar-refractivity contribution is 0.0886. The van der Waals surface area contributed by atoms with E-state index >= 15 is 0 Å². The topological polar surface area (TPSA) is 18.5 Å². The second-order valence-corrected chi connectivity index (χ2v) is 4.82. The van der Waals surface area contributed by atoms with E-state index in [1.807, 2.05) is 30.3 Å². The zero-order valence-electron chi connectivity index (χ0n) is 10.3. The van der Waals surface area contributed by atoms with Gasteiger partial charge in [-0.2, -0.15) is 0 Å². The molecule has 100 valence electrons. The zero-order chi connectivity index (χ0) is 13.5. The van der Waals surface area contributed by atoms with Crippen LogP contribution < -0.4 is 4.74 Å². The van der Waals surface area contributed by atoms with Gasteiger partial charge in [-0.25, -0.2) is 4.39 Å². The van der Waals surface area contributed by atoms with Crippen molar-refractivity contribution in [1.82, 2.24) is 0 Å². The third kappa shape index (κ3) is 4.65. The van der Waals surface area contributed by atoms with Gasteiger partial charge in [-0.3, -0.25) is 0 Å². The first-order valence-corrected chi connectivity index (χ1v) is 6.74. The van der Waals surface area contributed by atoms with Crippen molar-refractivity contribution >= 4 is 15.9 Å². The molecule has 2 nitrogen and oxygen atoms in total. The molecule has 0 spiro atoms. The summed E-state index contributed by atoms with van der Waals surface area (Å²) in [4.78, 5) is 0. The van der Waals surface area contributed by atoms with Gasteiger partial charge in [0.05, 0.1) is 17.7 Å². The van der Waals surface area contributed by atoms with Gasteiger partial charge in [0.25, 0.3) is 0 Å². The normalized spacial score (nSPS) is 10.4. The monoisotopic (exact) mass is 324 g/mol. The van der Waals surface area contributed by atoms with Crippen molar-refractivity contribution in [1.29, 1.82) is 0 Å². The largest absolute Gasteiger partial charge is 0.490 e. The molecule has 0 heterocycles. The minimum Gasteiger partial charge on any atom is -0.490 e. The van der Waals surface area contributed by atoms with Gasteiger partial charge < -0.3 is 9.47 Å². The molecule has 4 heteroatoms. The second kappa shape index (κ2) is 7.26. The fraction of sp³-hybridized carbons (Fsp3) is 0.200. The van der Waals surface area contributed by atoms with Gasteiger partial charge in [0.2, 0.25) is 0 Å². The molecule has 0 saturated heterocycles. The molecule has 0 radical (unpaired) electrons. The molecule has 19 heavy (non-hydrogen) atoms. The van der Waals surface area contributed by atoms with Crippen molar-refractivity contribution in [3.05, 3.63) is 64.4 Å². The van der Waals surface area contributed by atoms with Crippen molar-refractivity contribution in [3.63, 3.8) is 0 Å². The van der Waals surface area contributed by atoms with Gasteiger partial charge in [0, 0.05) is 0 Å². The molecular formula is C15H14BrFO2. The molecule has 0 bridgehead atoms. The Hall–Kier alpha value is -1.39. The maximum atomic E-state index is 12.9. The quantitative estimate of drug-likeness (QED) is 0.742. The van der Waals surface area contributed by atoms with Crippen LogP contribution in [0.2, 0.25) is 0 Å². The maximum Gasteiger partial charge on any atom is 0.133 e. The van der Waals surface area contributed by atoms with Crippen LogP contribution in [0.3, 0.4) is 0 Å². The van der Waals surface area contributed by atoms with Crippen molar-refractivity contribution < 1.29 is 13.9 Å². The van der Waals surface area contributed by atoms with Crippen LogP contribution >= 0.6 is 15.9 Å². The van der Waals surface area contributed by atoms with Gasteiger partial charge in [-0.05, 0) is 39.7 Å². The lowest BCUT2D eigenvalue weighted by Crippen LogP contribution is -2.07. The van der Waals surface area contributed by atoms with E-state index in [1.165, 1.54) is 12.1 Å². The Balaban J connectivity index is 1.69. The molecule has 2 rings (SSSR count). The van der Waals surface area contributed by atoms with E-state index in [2.05, 4.69) is 15.9 Å². The summed E-state index contributed by atoms with van der Waals surface area (Å²) in [6.07, 6.45) is 0. The minimum absolute atomic E-state index is 0.292. The van der Waals surface area contributed by atoms with E-state index in [-0.39, 0.29) is 5.82 Å². The SMILES string of the molecule is Fc1ccc(OCCOCc2ccccc2)c(Br)c1. The first-order valence-electron chi connectivity index (χ1n) is 5.95. The molecule has 2 aromatic rings. The van der Waals surface area contributed by atoms with Crippen LogP contribution in [0.4, 0.5) is 4.39 Å². The summed E-state index contributed by atoms with van der Waals surface area (Å²) in [5, 5.41) is 0. The molecule has 0 aliphatic carbocycles. The summed E-state index contributed by atoms with van der Waals surface area (Å²) in [5.74, 6) is 0.323. The molecule has 0 amide bonds. The molecule has 0 saturated carbocycles. The molecule has 0 aromatic heterocycles. The third-order valence-electron chi connectivity index (χ3n) is 2.49. The van der Waals surface area contributed by atoms with E-state index in [9.17, 15) is 4.39 Å². The summed E-state index contributed by atoms with van der Waals surface area (Å²) in [7, 11) is 0. The maximum absolute atomic E-state index is 12.9. The predicted molar refractivity (Wildman–Crippen MR) is 75.7 cm³/mol. The number of hydrogen-bond acceptors (Lipinski definition) is 2. The third-order valence-corrected chi connectivity index (χ3v) is 3.11. The average Bonchev–Trinajstić information content (AvgIpc) is 2.42. The molecule has 2 aromatic carbocycles. The van der Waals surface area contributed by atoms with Crippen LogP contribution in [0.25, 0.3) is 0 Å². The van der Waals surface area contributed by atoms with Gasteiger partial charge in [0.1, 0.15) is 18.2 Å². The Morgan fingerprint density at radius 2 is 1.79 bits per heavy atom. The molecule has 0 N–H and O–H groups in total. The van der Waals surface area contributed by atoms with Crippen LogP contribution in [0.1, 0.15) is 5.56 Å². The molecule has 0 aliphatic heterocycles. The molecule has 0 fully saturated rings. The highest BCUT2D eigenvalue weighted by atomic mass is 79.9. The smallest absolute Gasteiger partial charge is 0.133 e. The Bertz CT molecular complexity index is 517. The zero-order valence-corrected chi connectivity index (χ0v) is 11.9. The van der Waals surface area contributed by atoms with Gasteiger partial charge in [-0.1, -0.05) is 30.3 Å². The number of halogens is 2. The van der Waals surface area contributed by atoms with E-state index in [1.54, 1.807) is 6.07 Å². The van der Waals surface area contributed by atoms with Gasteiger partial charge in [-0.15, -0.1) is 0 Å². The van der Waals surface area contributed by atoms with Gasteiger partial charge >= 0.3 is 0 Å². The summed E-state index contributed by atoms with van der Waals surface area (Å²) < 4.78 is 24.5. The number of ether oxygens (including phenoxy) is 2. The van der Waals surface area contributed by atoms with Crippen molar-refractivity contribution in [3.8, 4) is 5.75 Å². The van der Waals surface area contributed by atoms with Crippen LogP contribution in [-0.2, 0) is 11.3 Å². The van der Waals surface area contributed by atoms with Crippen LogP contribution in [0, 0.1) is 5.82 Å². The molecular weight excluding hydrogens is 311 g/mol. The van der Waals surface area contributed by atoms with Crippen LogP contribution in [0.5, 0.6) is 5.75 Å². The van der Waals surface area contributed by atoms with E-state index < -0.39 is 0 Å². The molecule has 0 unspecified atom stereocenters. The lowest BCUT2D eigenvalue weighted by atomic mass is 10.2. The van der Waals surface area contributed by atoms with E-state index in [0.29, 0.717) is 30.0 Å². The first-order chi connectivity index (χ1) is 9.25. The Kier molecular flexibility index (Phi) is 5.36. The average molecular weight is 325 g/mol. The number of hydrogen-bond donors (Lipinski definition) is 0. The number of benzene rings is 2. The van der Waals surface area contributed by atoms with Crippen molar-refractivity contribution in [2.75, 3.05) is 13.2 Å². The second-order valence-electron chi connectivity index (χ2n) is 3.96. The highest BCUT2D eigenvalue weighted by Crippen LogP contribution is 2.25. The van der Waals surface area contributed by atoms with E-state index in [0.717, 1.165) is 5.56 Å². The van der Waals surface area contributed by atoms with Crippen molar-refractivity contribution in [2.45, 2.75) is 6.61 Å². The Morgan fingerprint density at radius 3 is 2.53 bits per heavy atom. The minimum atomic E-state index is -0.292. The van der Waals surface area contributed by atoms with Gasteiger partial charge in [0.15, 0.2) is 0 Å².